The molecule has 16 heavy (non-hydrogen) atoms. The van der Waals surface area contributed by atoms with Crippen LogP contribution in [0.1, 0.15) is 26.7 Å². The van der Waals surface area contributed by atoms with Crippen molar-refractivity contribution in [1.82, 2.24) is 9.97 Å². The molecule has 88 valence electrons. The minimum Gasteiger partial charge on any atom is -0.383 e. The van der Waals surface area contributed by atoms with E-state index in [1.54, 1.807) is 6.07 Å². The fraction of sp³-hybridized carbons (Fsp3) is 0.636. The minimum atomic E-state index is 0.254. The molecule has 4 N–H and O–H groups in total. The van der Waals surface area contributed by atoms with Gasteiger partial charge in [-0.2, -0.15) is 9.97 Å². The van der Waals surface area contributed by atoms with Crippen LogP contribution in [-0.2, 0) is 0 Å². The van der Waals surface area contributed by atoms with E-state index in [4.69, 9.17) is 11.5 Å². The summed E-state index contributed by atoms with van der Waals surface area (Å²) in [5.74, 6) is 2.17. The van der Waals surface area contributed by atoms with Crippen molar-refractivity contribution < 1.29 is 0 Å². The molecule has 1 aliphatic heterocycles. The lowest BCUT2D eigenvalue weighted by Gasteiger charge is -2.28. The first kappa shape index (κ1) is 11.0. The molecule has 2 heterocycles. The summed E-state index contributed by atoms with van der Waals surface area (Å²) in [6.45, 7) is 5.49. The predicted molar refractivity (Wildman–Crippen MR) is 66.1 cm³/mol. The summed E-state index contributed by atoms with van der Waals surface area (Å²) in [5.41, 5.74) is 11.3. The van der Waals surface area contributed by atoms with Crippen molar-refractivity contribution in [3.63, 3.8) is 0 Å². The van der Waals surface area contributed by atoms with Gasteiger partial charge in [-0.25, -0.2) is 0 Å². The van der Waals surface area contributed by atoms with E-state index in [0.717, 1.165) is 12.4 Å². The molecule has 0 amide bonds. The molecule has 2 rings (SSSR count). The van der Waals surface area contributed by atoms with Gasteiger partial charge in [-0.1, -0.05) is 13.8 Å². The van der Waals surface area contributed by atoms with Crippen molar-refractivity contribution in [2.75, 3.05) is 22.9 Å². The Hall–Kier alpha value is -1.52. The van der Waals surface area contributed by atoms with E-state index in [1.807, 2.05) is 0 Å². The average Bonchev–Trinajstić information content (AvgIpc) is 2.63. The molecule has 5 heteroatoms. The first-order chi connectivity index (χ1) is 7.58. The summed E-state index contributed by atoms with van der Waals surface area (Å²) in [7, 11) is 0. The lowest BCUT2D eigenvalue weighted by molar-refractivity contribution is 0.489. The Bertz CT molecular complexity index is 356. The number of aromatic nitrogens is 2. The zero-order valence-corrected chi connectivity index (χ0v) is 9.85. The first-order valence-electron chi connectivity index (χ1n) is 5.74. The highest BCUT2D eigenvalue weighted by atomic mass is 15.3. The van der Waals surface area contributed by atoms with Gasteiger partial charge in [0.15, 0.2) is 0 Å². The number of hydrogen-bond donors (Lipinski definition) is 2. The Kier molecular flexibility index (Phi) is 2.85. The van der Waals surface area contributed by atoms with Crippen LogP contribution < -0.4 is 16.4 Å². The molecule has 1 atom stereocenters. The van der Waals surface area contributed by atoms with Gasteiger partial charge in [-0.3, -0.25) is 0 Å². The highest BCUT2D eigenvalue weighted by Gasteiger charge is 2.28. The Balaban J connectivity index is 2.29. The van der Waals surface area contributed by atoms with Gasteiger partial charge in [0.05, 0.1) is 0 Å². The van der Waals surface area contributed by atoms with Gasteiger partial charge in [0.25, 0.3) is 0 Å². The Morgan fingerprint density at radius 2 is 2.12 bits per heavy atom. The lowest BCUT2D eigenvalue weighted by Crippen LogP contribution is -2.34. The second-order valence-electron chi connectivity index (χ2n) is 4.66. The van der Waals surface area contributed by atoms with Crippen LogP contribution in [0.5, 0.6) is 0 Å². The maximum Gasteiger partial charge on any atom is 0.223 e. The van der Waals surface area contributed by atoms with E-state index in [9.17, 15) is 0 Å². The molecule has 0 bridgehead atoms. The Morgan fingerprint density at radius 1 is 1.38 bits per heavy atom. The van der Waals surface area contributed by atoms with Gasteiger partial charge in [-0.15, -0.1) is 0 Å². The topological polar surface area (TPSA) is 81.1 Å². The van der Waals surface area contributed by atoms with Crippen molar-refractivity contribution in [3.8, 4) is 0 Å². The zero-order chi connectivity index (χ0) is 11.7. The number of nitrogens with zero attached hydrogens (tertiary/aromatic N) is 3. The summed E-state index contributed by atoms with van der Waals surface area (Å²) in [5, 5.41) is 0. The van der Waals surface area contributed by atoms with E-state index < -0.39 is 0 Å². The third kappa shape index (κ3) is 2.03. The molecule has 1 aromatic rings. The van der Waals surface area contributed by atoms with E-state index in [2.05, 4.69) is 28.7 Å². The molecular formula is C11H19N5. The predicted octanol–water partition coefficient (Wildman–Crippen LogP) is 1.27. The van der Waals surface area contributed by atoms with Gasteiger partial charge < -0.3 is 16.4 Å². The summed E-state index contributed by atoms with van der Waals surface area (Å²) >= 11 is 0. The van der Waals surface area contributed by atoms with Crippen molar-refractivity contribution >= 4 is 17.6 Å². The molecule has 1 saturated heterocycles. The van der Waals surface area contributed by atoms with Crippen molar-refractivity contribution in [2.24, 2.45) is 5.92 Å². The molecule has 1 unspecified atom stereocenters. The normalized spacial score (nSPS) is 20.7. The van der Waals surface area contributed by atoms with Gasteiger partial charge in [0.1, 0.15) is 11.6 Å². The smallest absolute Gasteiger partial charge is 0.223 e. The number of hydrogen-bond acceptors (Lipinski definition) is 5. The van der Waals surface area contributed by atoms with E-state index in [0.29, 0.717) is 17.8 Å². The molecule has 1 aliphatic rings. The lowest BCUT2D eigenvalue weighted by atomic mass is 10.0. The van der Waals surface area contributed by atoms with Crippen molar-refractivity contribution in [3.05, 3.63) is 6.07 Å². The largest absolute Gasteiger partial charge is 0.383 e. The zero-order valence-electron chi connectivity index (χ0n) is 9.85. The van der Waals surface area contributed by atoms with Gasteiger partial charge in [-0.05, 0) is 18.8 Å². The van der Waals surface area contributed by atoms with Gasteiger partial charge in [0.2, 0.25) is 5.95 Å². The molecule has 5 nitrogen and oxygen atoms in total. The summed E-state index contributed by atoms with van der Waals surface area (Å²) < 4.78 is 0. The molecule has 1 aromatic heterocycles. The number of rotatable bonds is 2. The maximum atomic E-state index is 5.69. The van der Waals surface area contributed by atoms with Crippen LogP contribution >= 0.6 is 0 Å². The van der Waals surface area contributed by atoms with Gasteiger partial charge >= 0.3 is 0 Å². The fourth-order valence-corrected chi connectivity index (χ4v) is 2.39. The van der Waals surface area contributed by atoms with Crippen LogP contribution in [-0.4, -0.2) is 22.6 Å². The molecule has 0 radical (unpaired) electrons. The highest BCUT2D eigenvalue weighted by molar-refractivity contribution is 5.51. The summed E-state index contributed by atoms with van der Waals surface area (Å²) in [4.78, 5) is 10.4. The highest BCUT2D eigenvalue weighted by Crippen LogP contribution is 2.29. The molecule has 0 spiro atoms. The van der Waals surface area contributed by atoms with Crippen LogP contribution in [0, 0.1) is 5.92 Å². The van der Waals surface area contributed by atoms with Crippen LogP contribution in [0.25, 0.3) is 0 Å². The molecule has 0 saturated carbocycles. The van der Waals surface area contributed by atoms with E-state index in [-0.39, 0.29) is 5.95 Å². The second kappa shape index (κ2) is 4.15. The monoisotopic (exact) mass is 221 g/mol. The number of nitrogen functional groups attached to an aromatic ring is 2. The van der Waals surface area contributed by atoms with Crippen molar-refractivity contribution in [1.29, 1.82) is 0 Å². The van der Waals surface area contributed by atoms with Crippen LogP contribution in [0.4, 0.5) is 17.6 Å². The van der Waals surface area contributed by atoms with Gasteiger partial charge in [0, 0.05) is 18.7 Å². The van der Waals surface area contributed by atoms with E-state index in [1.165, 1.54) is 12.8 Å². The third-order valence-electron chi connectivity index (χ3n) is 3.11. The van der Waals surface area contributed by atoms with E-state index >= 15 is 0 Å². The fourth-order valence-electron chi connectivity index (χ4n) is 2.39. The van der Waals surface area contributed by atoms with Crippen LogP contribution in [0.2, 0.25) is 0 Å². The quantitative estimate of drug-likeness (QED) is 0.786. The molecule has 0 aliphatic carbocycles. The Labute approximate surface area is 95.9 Å². The van der Waals surface area contributed by atoms with Crippen LogP contribution in [0.3, 0.4) is 0 Å². The third-order valence-corrected chi connectivity index (χ3v) is 3.11. The SMILES string of the molecule is CC(C)C1CCCN1c1cc(N)nc(N)n1. The molecule has 0 aromatic carbocycles. The molecule has 1 fully saturated rings. The van der Waals surface area contributed by atoms with Crippen LogP contribution in [0.15, 0.2) is 6.07 Å². The number of nitrogens with two attached hydrogens (primary N) is 2. The Morgan fingerprint density at radius 3 is 2.75 bits per heavy atom. The van der Waals surface area contributed by atoms with Crippen molar-refractivity contribution in [2.45, 2.75) is 32.7 Å². The second-order valence-corrected chi connectivity index (χ2v) is 4.66. The minimum absolute atomic E-state index is 0.254. The maximum absolute atomic E-state index is 5.69. The first-order valence-corrected chi connectivity index (χ1v) is 5.74. The standard InChI is InChI=1S/C11H19N5/c1-7(2)8-4-3-5-16(8)10-6-9(12)14-11(13)15-10/h6-8H,3-5H2,1-2H3,(H4,12,13,14,15). The molecular weight excluding hydrogens is 202 g/mol. The summed E-state index contributed by atoms with van der Waals surface area (Å²) in [6.07, 6.45) is 2.41. The summed E-state index contributed by atoms with van der Waals surface area (Å²) in [6, 6.07) is 2.34. The number of anilines is 3. The average molecular weight is 221 g/mol.